The van der Waals surface area contributed by atoms with Crippen LogP contribution in [-0.4, -0.2) is 23.4 Å². The van der Waals surface area contributed by atoms with Gasteiger partial charge < -0.3 is 10.2 Å². The molecule has 5 rings (SSSR count). The van der Waals surface area contributed by atoms with E-state index in [1.165, 1.54) is 39.5 Å². The van der Waals surface area contributed by atoms with E-state index in [1.807, 2.05) is 0 Å². The number of fused-ring (bicyclic) bond motifs is 2. The first-order valence-corrected chi connectivity index (χ1v) is 14.3. The van der Waals surface area contributed by atoms with Gasteiger partial charge in [0, 0.05) is 53.3 Å². The topological polar surface area (TPSA) is 18.3 Å². The number of anilines is 1. The van der Waals surface area contributed by atoms with Gasteiger partial charge in [-0.1, -0.05) is 86.7 Å². The lowest BCUT2D eigenvalue weighted by atomic mass is 9.81. The van der Waals surface area contributed by atoms with Crippen molar-refractivity contribution in [2.24, 2.45) is 0 Å². The van der Waals surface area contributed by atoms with E-state index in [-0.39, 0.29) is 10.8 Å². The Kier molecular flexibility index (Phi) is 7.36. The molecule has 39 heavy (non-hydrogen) atoms. The van der Waals surface area contributed by atoms with Crippen molar-refractivity contribution in [3.63, 3.8) is 0 Å². The van der Waals surface area contributed by atoms with E-state index < -0.39 is 0 Å². The Morgan fingerprint density at radius 1 is 0.821 bits per heavy atom. The Balaban J connectivity index is 1.53. The summed E-state index contributed by atoms with van der Waals surface area (Å²) in [5, 5.41) is 3.74. The number of benzene rings is 3. The fourth-order valence-electron chi connectivity index (χ4n) is 6.27. The summed E-state index contributed by atoms with van der Waals surface area (Å²) in [6.45, 7) is 16.5. The van der Waals surface area contributed by atoms with Crippen LogP contribution in [0.1, 0.15) is 58.2 Å². The normalized spacial score (nSPS) is 18.7. The standard InChI is InChI=1S/C36H41N3/c1-7-38-31-22-14-12-20-29(31)35(3,4)33(38)24-16-19-28(37-26-27-17-10-9-11-18-27)25-34-36(5,6)30-21-13-15-23-32(30)39(34)8-2/h9-25H,7-8,26H2,1-6H3/p+1. The molecule has 0 atom stereocenters. The van der Waals surface area contributed by atoms with Gasteiger partial charge in [0.15, 0.2) is 5.71 Å². The molecular weight excluding hydrogens is 474 g/mol. The molecule has 0 amide bonds. The van der Waals surface area contributed by atoms with Crippen molar-refractivity contribution in [3.05, 3.63) is 131 Å². The van der Waals surface area contributed by atoms with Gasteiger partial charge in [-0.3, -0.25) is 0 Å². The van der Waals surface area contributed by atoms with Crippen LogP contribution in [0.5, 0.6) is 0 Å². The van der Waals surface area contributed by atoms with E-state index in [9.17, 15) is 0 Å². The number of nitrogens with one attached hydrogen (secondary N) is 1. The maximum Gasteiger partial charge on any atom is 0.209 e. The summed E-state index contributed by atoms with van der Waals surface area (Å²) in [6.07, 6.45) is 9.12. The van der Waals surface area contributed by atoms with Crippen LogP contribution in [0.15, 0.2) is 115 Å². The molecule has 0 fully saturated rings. The number of likely N-dealkylation sites (N-methyl/N-ethyl adjacent to an activating group) is 1. The second kappa shape index (κ2) is 10.7. The van der Waals surface area contributed by atoms with E-state index in [1.54, 1.807) is 0 Å². The van der Waals surface area contributed by atoms with Gasteiger partial charge in [0.25, 0.3) is 0 Å². The molecule has 0 spiro atoms. The maximum absolute atomic E-state index is 3.74. The zero-order valence-electron chi connectivity index (χ0n) is 24.3. The maximum atomic E-state index is 3.74. The third-order valence-corrected chi connectivity index (χ3v) is 8.39. The summed E-state index contributed by atoms with van der Waals surface area (Å²) in [5.74, 6) is 0. The number of nitrogens with zero attached hydrogens (tertiary/aromatic N) is 2. The quantitative estimate of drug-likeness (QED) is 0.241. The fourth-order valence-corrected chi connectivity index (χ4v) is 6.27. The zero-order valence-corrected chi connectivity index (χ0v) is 24.3. The minimum absolute atomic E-state index is 0.0405. The number of hydrogen-bond acceptors (Lipinski definition) is 2. The van der Waals surface area contributed by atoms with Crippen LogP contribution in [0.4, 0.5) is 11.4 Å². The number of allylic oxidation sites excluding steroid dienone is 5. The molecule has 0 aromatic heterocycles. The van der Waals surface area contributed by atoms with Crippen molar-refractivity contribution >= 4 is 17.1 Å². The van der Waals surface area contributed by atoms with E-state index in [4.69, 9.17) is 0 Å². The highest BCUT2D eigenvalue weighted by Crippen LogP contribution is 2.47. The van der Waals surface area contributed by atoms with Gasteiger partial charge in [0.1, 0.15) is 6.54 Å². The molecule has 0 aliphatic carbocycles. The molecular formula is C36H42N3+. The van der Waals surface area contributed by atoms with Crippen molar-refractivity contribution in [2.45, 2.75) is 58.9 Å². The van der Waals surface area contributed by atoms with Crippen molar-refractivity contribution < 1.29 is 4.58 Å². The summed E-state index contributed by atoms with van der Waals surface area (Å²) >= 11 is 0. The lowest BCUT2D eigenvalue weighted by Gasteiger charge is -2.27. The summed E-state index contributed by atoms with van der Waals surface area (Å²) in [7, 11) is 0. The zero-order chi connectivity index (χ0) is 27.6. The smallest absolute Gasteiger partial charge is 0.209 e. The first-order valence-electron chi connectivity index (χ1n) is 14.3. The molecule has 1 N–H and O–H groups in total. The minimum Gasteiger partial charge on any atom is -0.381 e. The average Bonchev–Trinajstić information content (AvgIpc) is 3.30. The molecule has 2 aliphatic rings. The molecule has 0 radical (unpaired) electrons. The Morgan fingerprint density at radius 2 is 1.49 bits per heavy atom. The van der Waals surface area contributed by atoms with Crippen molar-refractivity contribution in [1.82, 2.24) is 5.32 Å². The molecule has 3 nitrogen and oxygen atoms in total. The predicted molar refractivity (Wildman–Crippen MR) is 166 cm³/mol. The van der Waals surface area contributed by atoms with Crippen molar-refractivity contribution in [2.75, 3.05) is 18.0 Å². The Bertz CT molecular complexity index is 1470. The van der Waals surface area contributed by atoms with Crippen LogP contribution in [-0.2, 0) is 17.4 Å². The molecule has 0 bridgehead atoms. The molecule has 200 valence electrons. The molecule has 0 unspecified atom stereocenters. The molecule has 0 saturated heterocycles. The molecule has 3 aromatic rings. The molecule has 0 saturated carbocycles. The molecule has 3 aromatic carbocycles. The molecule has 3 heteroatoms. The number of rotatable bonds is 8. The van der Waals surface area contributed by atoms with Gasteiger partial charge >= 0.3 is 0 Å². The number of hydrogen-bond donors (Lipinski definition) is 1. The predicted octanol–water partition coefficient (Wildman–Crippen LogP) is 8.01. The monoisotopic (exact) mass is 516 g/mol. The second-order valence-corrected chi connectivity index (χ2v) is 11.5. The van der Waals surface area contributed by atoms with E-state index in [2.05, 4.69) is 160 Å². The third kappa shape index (κ3) is 4.87. The highest BCUT2D eigenvalue weighted by atomic mass is 15.2. The highest BCUT2D eigenvalue weighted by Gasteiger charge is 2.43. The van der Waals surface area contributed by atoms with Gasteiger partial charge in [0.2, 0.25) is 5.69 Å². The Labute approximate surface area is 234 Å². The van der Waals surface area contributed by atoms with Crippen LogP contribution in [0.3, 0.4) is 0 Å². The Morgan fingerprint density at radius 3 is 2.21 bits per heavy atom. The van der Waals surface area contributed by atoms with Crippen LogP contribution in [0, 0.1) is 0 Å². The fraction of sp³-hybridized carbons (Fsp3) is 0.306. The third-order valence-electron chi connectivity index (χ3n) is 8.39. The second-order valence-electron chi connectivity index (χ2n) is 11.5. The van der Waals surface area contributed by atoms with Gasteiger partial charge in [-0.25, -0.2) is 0 Å². The number of para-hydroxylation sites is 2. The van der Waals surface area contributed by atoms with Crippen LogP contribution in [0.25, 0.3) is 0 Å². The molecule has 2 heterocycles. The van der Waals surface area contributed by atoms with E-state index in [0.717, 1.165) is 25.3 Å². The minimum atomic E-state index is -0.0767. The average molecular weight is 517 g/mol. The van der Waals surface area contributed by atoms with Crippen LogP contribution >= 0.6 is 0 Å². The SMILES string of the molecule is CCN1C(=CC(=CC=CC2=[N+](CC)c3ccccc3C2(C)C)NCc2ccccc2)C(C)(C)c2ccccc21. The van der Waals surface area contributed by atoms with Crippen LogP contribution in [0.2, 0.25) is 0 Å². The van der Waals surface area contributed by atoms with Gasteiger partial charge in [-0.2, -0.15) is 4.58 Å². The van der Waals surface area contributed by atoms with Crippen molar-refractivity contribution in [1.29, 1.82) is 0 Å². The van der Waals surface area contributed by atoms with E-state index in [0.29, 0.717) is 0 Å². The summed E-state index contributed by atoms with van der Waals surface area (Å²) in [6, 6.07) is 28.3. The lowest BCUT2D eigenvalue weighted by molar-refractivity contribution is -0.433. The largest absolute Gasteiger partial charge is 0.381 e. The summed E-state index contributed by atoms with van der Waals surface area (Å²) in [4.78, 5) is 2.46. The van der Waals surface area contributed by atoms with Gasteiger partial charge in [-0.15, -0.1) is 0 Å². The van der Waals surface area contributed by atoms with Crippen LogP contribution < -0.4 is 10.2 Å². The van der Waals surface area contributed by atoms with E-state index >= 15 is 0 Å². The summed E-state index contributed by atoms with van der Waals surface area (Å²) < 4.78 is 2.45. The first kappa shape index (κ1) is 26.7. The lowest BCUT2D eigenvalue weighted by Crippen LogP contribution is -2.27. The molecule has 2 aliphatic heterocycles. The Hall–Kier alpha value is -3.85. The van der Waals surface area contributed by atoms with Gasteiger partial charge in [0.05, 0.1) is 5.41 Å². The first-order chi connectivity index (χ1) is 18.8. The van der Waals surface area contributed by atoms with Crippen molar-refractivity contribution in [3.8, 4) is 0 Å². The van der Waals surface area contributed by atoms with Gasteiger partial charge in [-0.05, 0) is 57.0 Å². The summed E-state index contributed by atoms with van der Waals surface area (Å²) in [5.41, 5.74) is 10.3. The highest BCUT2D eigenvalue weighted by molar-refractivity contribution is 6.03.